The average Bonchev–Trinajstić information content (AvgIpc) is 2.58. The Labute approximate surface area is 91.1 Å². The normalized spacial score (nSPS) is 10.8. The maximum absolute atomic E-state index is 10.9. The highest BCUT2D eigenvalue weighted by Crippen LogP contribution is 2.19. The van der Waals surface area contributed by atoms with Crippen LogP contribution in [-0.2, 0) is 6.42 Å². The molecule has 4 nitrogen and oxygen atoms in total. The molecule has 2 aromatic heterocycles. The zero-order valence-corrected chi connectivity index (χ0v) is 8.82. The topological polar surface area (TPSA) is 54.6 Å². The average molecular weight is 225 g/mol. The second-order valence-corrected chi connectivity index (χ2v) is 3.49. The number of aromatic carboxylic acids is 1. The van der Waals surface area contributed by atoms with Gasteiger partial charge in [-0.05, 0) is 12.1 Å². The first kappa shape index (κ1) is 9.98. The van der Waals surface area contributed by atoms with E-state index in [1.165, 1.54) is 0 Å². The van der Waals surface area contributed by atoms with Crippen molar-refractivity contribution in [3.05, 3.63) is 34.9 Å². The number of aryl methyl sites for hydroxylation is 1. The Hall–Kier alpha value is -1.55. The zero-order valence-electron chi connectivity index (χ0n) is 8.07. The van der Waals surface area contributed by atoms with Crippen LogP contribution >= 0.6 is 11.6 Å². The molecule has 0 spiro atoms. The SMILES string of the molecule is CCc1nc(C(=O)O)c2cccc(Cl)n12. The van der Waals surface area contributed by atoms with E-state index in [4.69, 9.17) is 16.7 Å². The van der Waals surface area contributed by atoms with E-state index in [9.17, 15) is 4.79 Å². The summed E-state index contributed by atoms with van der Waals surface area (Å²) in [5.74, 6) is -0.373. The number of halogens is 1. The standard InChI is InChI=1S/C10H9ClN2O2/c1-2-8-12-9(10(14)15)6-4-3-5-7(11)13(6)8/h3-5H,2H2,1H3,(H,14,15). The molecule has 0 aliphatic carbocycles. The van der Waals surface area contributed by atoms with E-state index in [-0.39, 0.29) is 5.69 Å². The number of hydrogen-bond donors (Lipinski definition) is 1. The first-order chi connectivity index (χ1) is 7.15. The van der Waals surface area contributed by atoms with Crippen LogP contribution in [0.15, 0.2) is 18.2 Å². The molecule has 0 unspecified atom stereocenters. The fourth-order valence-electron chi connectivity index (χ4n) is 1.56. The van der Waals surface area contributed by atoms with Crippen molar-refractivity contribution in [2.75, 3.05) is 0 Å². The van der Waals surface area contributed by atoms with Crippen molar-refractivity contribution in [3.8, 4) is 0 Å². The first-order valence-electron chi connectivity index (χ1n) is 4.54. The van der Waals surface area contributed by atoms with Gasteiger partial charge in [0.15, 0.2) is 5.69 Å². The summed E-state index contributed by atoms with van der Waals surface area (Å²) in [5, 5.41) is 9.44. The summed E-state index contributed by atoms with van der Waals surface area (Å²) in [6.45, 7) is 1.91. The molecule has 15 heavy (non-hydrogen) atoms. The number of rotatable bonds is 2. The van der Waals surface area contributed by atoms with Gasteiger partial charge in [-0.2, -0.15) is 0 Å². The van der Waals surface area contributed by atoms with Gasteiger partial charge in [-0.1, -0.05) is 24.6 Å². The van der Waals surface area contributed by atoms with Gasteiger partial charge in [-0.3, -0.25) is 4.40 Å². The van der Waals surface area contributed by atoms with E-state index in [1.54, 1.807) is 22.6 Å². The fourth-order valence-corrected chi connectivity index (χ4v) is 1.82. The van der Waals surface area contributed by atoms with E-state index < -0.39 is 5.97 Å². The van der Waals surface area contributed by atoms with Gasteiger partial charge >= 0.3 is 5.97 Å². The lowest BCUT2D eigenvalue weighted by atomic mass is 10.3. The lowest BCUT2D eigenvalue weighted by Gasteiger charge is -2.00. The molecular formula is C10H9ClN2O2. The Bertz CT molecular complexity index is 533. The fraction of sp³-hybridized carbons (Fsp3) is 0.200. The van der Waals surface area contributed by atoms with Gasteiger partial charge in [0, 0.05) is 6.42 Å². The van der Waals surface area contributed by atoms with Crippen LogP contribution in [0, 0.1) is 0 Å². The molecule has 0 saturated heterocycles. The number of fused-ring (bicyclic) bond motifs is 1. The molecule has 0 amide bonds. The van der Waals surface area contributed by atoms with Gasteiger partial charge in [0.2, 0.25) is 0 Å². The Kier molecular flexibility index (Phi) is 2.36. The van der Waals surface area contributed by atoms with Crippen molar-refractivity contribution in [1.29, 1.82) is 0 Å². The smallest absolute Gasteiger partial charge is 0.356 e. The van der Waals surface area contributed by atoms with Crippen LogP contribution in [0.25, 0.3) is 5.52 Å². The summed E-state index contributed by atoms with van der Waals surface area (Å²) in [6, 6.07) is 5.12. The maximum atomic E-state index is 10.9. The lowest BCUT2D eigenvalue weighted by Crippen LogP contribution is -1.97. The van der Waals surface area contributed by atoms with Gasteiger partial charge in [-0.25, -0.2) is 9.78 Å². The van der Waals surface area contributed by atoms with E-state index in [0.29, 0.717) is 22.9 Å². The van der Waals surface area contributed by atoms with Crippen molar-refractivity contribution in [3.63, 3.8) is 0 Å². The number of imidazole rings is 1. The van der Waals surface area contributed by atoms with Crippen LogP contribution < -0.4 is 0 Å². The van der Waals surface area contributed by atoms with E-state index >= 15 is 0 Å². The molecule has 5 heteroatoms. The number of pyridine rings is 1. The molecule has 0 bridgehead atoms. The highest BCUT2D eigenvalue weighted by Gasteiger charge is 2.16. The largest absolute Gasteiger partial charge is 0.476 e. The Balaban J connectivity index is 2.87. The summed E-state index contributed by atoms with van der Waals surface area (Å²) >= 11 is 5.99. The molecule has 0 aromatic carbocycles. The third kappa shape index (κ3) is 1.47. The van der Waals surface area contributed by atoms with Crippen molar-refractivity contribution in [1.82, 2.24) is 9.38 Å². The van der Waals surface area contributed by atoms with Gasteiger partial charge in [0.05, 0.1) is 5.52 Å². The molecule has 2 rings (SSSR count). The number of hydrogen-bond acceptors (Lipinski definition) is 2. The number of carbonyl (C=O) groups is 1. The molecule has 2 aromatic rings. The molecule has 0 radical (unpaired) electrons. The summed E-state index contributed by atoms with van der Waals surface area (Å²) in [5.41, 5.74) is 0.584. The maximum Gasteiger partial charge on any atom is 0.356 e. The second kappa shape index (κ2) is 3.55. The van der Waals surface area contributed by atoms with E-state index in [1.807, 2.05) is 6.92 Å². The van der Waals surface area contributed by atoms with Crippen LogP contribution in [0.4, 0.5) is 0 Å². The quantitative estimate of drug-likeness (QED) is 0.796. The van der Waals surface area contributed by atoms with Gasteiger partial charge in [0.1, 0.15) is 11.0 Å². The summed E-state index contributed by atoms with van der Waals surface area (Å²) < 4.78 is 1.66. The molecule has 0 aliphatic rings. The molecule has 78 valence electrons. The molecule has 2 heterocycles. The minimum Gasteiger partial charge on any atom is -0.476 e. The number of carboxylic acid groups (broad SMARTS) is 1. The van der Waals surface area contributed by atoms with Crippen molar-refractivity contribution < 1.29 is 9.90 Å². The molecular weight excluding hydrogens is 216 g/mol. The van der Waals surface area contributed by atoms with Crippen molar-refractivity contribution in [2.24, 2.45) is 0 Å². The van der Waals surface area contributed by atoms with Crippen LogP contribution in [0.1, 0.15) is 23.2 Å². The second-order valence-electron chi connectivity index (χ2n) is 3.10. The van der Waals surface area contributed by atoms with Gasteiger partial charge in [-0.15, -0.1) is 0 Å². The van der Waals surface area contributed by atoms with E-state index in [0.717, 1.165) is 0 Å². The molecule has 1 N–H and O–H groups in total. The third-order valence-corrected chi connectivity index (χ3v) is 2.50. The van der Waals surface area contributed by atoms with Crippen LogP contribution in [0.3, 0.4) is 0 Å². The minimum absolute atomic E-state index is 0.0503. The molecule has 0 atom stereocenters. The number of nitrogens with zero attached hydrogens (tertiary/aromatic N) is 2. The zero-order chi connectivity index (χ0) is 11.0. The Morgan fingerprint density at radius 2 is 2.33 bits per heavy atom. The predicted molar refractivity (Wildman–Crippen MR) is 56.5 cm³/mol. The van der Waals surface area contributed by atoms with Gasteiger partial charge < -0.3 is 5.11 Å². The van der Waals surface area contributed by atoms with Gasteiger partial charge in [0.25, 0.3) is 0 Å². The lowest BCUT2D eigenvalue weighted by molar-refractivity contribution is 0.0693. The summed E-state index contributed by atoms with van der Waals surface area (Å²) in [7, 11) is 0. The van der Waals surface area contributed by atoms with Crippen molar-refractivity contribution in [2.45, 2.75) is 13.3 Å². The first-order valence-corrected chi connectivity index (χ1v) is 4.92. The molecule has 0 fully saturated rings. The monoisotopic (exact) mass is 224 g/mol. The predicted octanol–water partition coefficient (Wildman–Crippen LogP) is 2.25. The van der Waals surface area contributed by atoms with E-state index in [2.05, 4.69) is 4.98 Å². The third-order valence-electron chi connectivity index (χ3n) is 2.20. The highest BCUT2D eigenvalue weighted by molar-refractivity contribution is 6.29. The summed E-state index contributed by atoms with van der Waals surface area (Å²) in [4.78, 5) is 15.0. The molecule has 0 saturated carbocycles. The van der Waals surface area contributed by atoms with Crippen LogP contribution in [0.2, 0.25) is 5.15 Å². The Morgan fingerprint density at radius 3 is 2.93 bits per heavy atom. The number of aromatic nitrogens is 2. The van der Waals surface area contributed by atoms with Crippen LogP contribution in [-0.4, -0.2) is 20.5 Å². The van der Waals surface area contributed by atoms with Crippen LogP contribution in [0.5, 0.6) is 0 Å². The molecule has 0 aliphatic heterocycles. The summed E-state index contributed by atoms with van der Waals surface area (Å²) in [6.07, 6.45) is 0.637. The highest BCUT2D eigenvalue weighted by atomic mass is 35.5. The minimum atomic E-state index is -1.03. The number of carboxylic acids is 1. The van der Waals surface area contributed by atoms with Crippen molar-refractivity contribution >= 4 is 23.1 Å². The Morgan fingerprint density at radius 1 is 1.60 bits per heavy atom.